The van der Waals surface area contributed by atoms with Gasteiger partial charge < -0.3 is 4.90 Å². The lowest BCUT2D eigenvalue weighted by atomic mass is 10.2. The van der Waals surface area contributed by atoms with E-state index in [9.17, 15) is 0 Å². The number of nitrogens with zero attached hydrogens (tertiary/aromatic N) is 3. The summed E-state index contributed by atoms with van der Waals surface area (Å²) in [7, 11) is 0. The molecule has 0 radical (unpaired) electrons. The van der Waals surface area contributed by atoms with Crippen molar-refractivity contribution in [1.29, 1.82) is 0 Å². The molecule has 1 heterocycles. The van der Waals surface area contributed by atoms with E-state index in [0.29, 0.717) is 15.9 Å². The predicted octanol–water partition coefficient (Wildman–Crippen LogP) is 4.98. The zero-order chi connectivity index (χ0) is 13.8. The van der Waals surface area contributed by atoms with Gasteiger partial charge in [0.2, 0.25) is 5.28 Å². The highest BCUT2D eigenvalue weighted by Gasteiger charge is 2.14. The van der Waals surface area contributed by atoms with Gasteiger partial charge in [0, 0.05) is 17.8 Å². The summed E-state index contributed by atoms with van der Waals surface area (Å²) in [6, 6.07) is 7.13. The van der Waals surface area contributed by atoms with Gasteiger partial charge in [0.1, 0.15) is 5.82 Å². The minimum absolute atomic E-state index is 0.205. The Balaban J connectivity index is 2.48. The maximum Gasteiger partial charge on any atom is 0.224 e. The zero-order valence-corrected chi connectivity index (χ0v) is 12.5. The molecule has 0 saturated heterocycles. The molecule has 1 aromatic carbocycles. The molecule has 6 heteroatoms. The fourth-order valence-corrected chi connectivity index (χ4v) is 2.28. The smallest absolute Gasteiger partial charge is 0.224 e. The molecule has 0 amide bonds. The van der Waals surface area contributed by atoms with Crippen LogP contribution in [0.25, 0.3) is 0 Å². The van der Waals surface area contributed by atoms with E-state index in [0.717, 1.165) is 18.7 Å². The Labute approximate surface area is 127 Å². The molecular weight excluding hydrogens is 305 g/mol. The van der Waals surface area contributed by atoms with Crippen LogP contribution in [0.4, 0.5) is 11.5 Å². The standard InChI is InChI=1S/C13H12Cl3N3/c1-2-7-19(12-5-6-17-13(16)18-12)11-8-9(14)3-4-10(11)15/h3-6,8H,2,7H2,1H3. The number of anilines is 2. The van der Waals surface area contributed by atoms with Crippen LogP contribution in [0.3, 0.4) is 0 Å². The molecule has 3 nitrogen and oxygen atoms in total. The summed E-state index contributed by atoms with van der Waals surface area (Å²) in [6.45, 7) is 2.83. The van der Waals surface area contributed by atoms with Crippen molar-refractivity contribution in [2.45, 2.75) is 13.3 Å². The second-order valence-electron chi connectivity index (χ2n) is 3.93. The third kappa shape index (κ3) is 3.50. The average molecular weight is 317 g/mol. The molecule has 0 aliphatic heterocycles. The van der Waals surface area contributed by atoms with Crippen LogP contribution in [-0.2, 0) is 0 Å². The molecule has 2 aromatic rings. The number of hydrogen-bond donors (Lipinski definition) is 0. The second kappa shape index (κ2) is 6.42. The van der Waals surface area contributed by atoms with Gasteiger partial charge in [-0.1, -0.05) is 30.1 Å². The van der Waals surface area contributed by atoms with E-state index in [1.54, 1.807) is 24.4 Å². The van der Waals surface area contributed by atoms with Crippen molar-refractivity contribution in [3.63, 3.8) is 0 Å². The first kappa shape index (κ1) is 14.4. The van der Waals surface area contributed by atoms with Crippen molar-refractivity contribution in [3.05, 3.63) is 45.8 Å². The molecule has 0 fully saturated rings. The van der Waals surface area contributed by atoms with Gasteiger partial charge in [0.25, 0.3) is 0 Å². The lowest BCUT2D eigenvalue weighted by Crippen LogP contribution is -2.19. The summed E-state index contributed by atoms with van der Waals surface area (Å²) in [5, 5.41) is 1.45. The molecule has 0 spiro atoms. The van der Waals surface area contributed by atoms with E-state index < -0.39 is 0 Å². The largest absolute Gasteiger partial charge is 0.325 e. The highest BCUT2D eigenvalue weighted by Crippen LogP contribution is 2.33. The molecule has 0 aliphatic rings. The average Bonchev–Trinajstić information content (AvgIpc) is 2.39. The van der Waals surface area contributed by atoms with E-state index in [1.807, 2.05) is 11.0 Å². The van der Waals surface area contributed by atoms with Gasteiger partial charge in [-0.2, -0.15) is 0 Å². The van der Waals surface area contributed by atoms with Gasteiger partial charge in [0.05, 0.1) is 10.7 Å². The quantitative estimate of drug-likeness (QED) is 0.744. The van der Waals surface area contributed by atoms with Crippen LogP contribution in [0.5, 0.6) is 0 Å². The molecule has 0 bridgehead atoms. The maximum absolute atomic E-state index is 6.24. The lowest BCUT2D eigenvalue weighted by Gasteiger charge is -2.24. The van der Waals surface area contributed by atoms with Gasteiger partial charge in [-0.15, -0.1) is 0 Å². The van der Waals surface area contributed by atoms with Crippen LogP contribution in [0.2, 0.25) is 15.3 Å². The Hall–Kier alpha value is -1.03. The molecule has 2 rings (SSSR count). The number of benzene rings is 1. The van der Waals surface area contributed by atoms with Crippen molar-refractivity contribution in [2.75, 3.05) is 11.4 Å². The van der Waals surface area contributed by atoms with Crippen molar-refractivity contribution < 1.29 is 0 Å². The van der Waals surface area contributed by atoms with Crippen LogP contribution in [0, 0.1) is 0 Å². The van der Waals surface area contributed by atoms with Gasteiger partial charge in [-0.25, -0.2) is 9.97 Å². The van der Waals surface area contributed by atoms with Crippen molar-refractivity contribution in [1.82, 2.24) is 9.97 Å². The minimum atomic E-state index is 0.205. The van der Waals surface area contributed by atoms with E-state index in [4.69, 9.17) is 34.8 Å². The third-order valence-electron chi connectivity index (χ3n) is 2.53. The first-order valence-corrected chi connectivity index (χ1v) is 6.96. The van der Waals surface area contributed by atoms with Crippen LogP contribution in [0.15, 0.2) is 30.5 Å². The Morgan fingerprint density at radius 3 is 2.63 bits per heavy atom. The van der Waals surface area contributed by atoms with Crippen LogP contribution >= 0.6 is 34.8 Å². The van der Waals surface area contributed by atoms with Gasteiger partial charge >= 0.3 is 0 Å². The number of halogens is 3. The summed E-state index contributed by atoms with van der Waals surface area (Å²) in [5.74, 6) is 0.700. The van der Waals surface area contributed by atoms with E-state index in [2.05, 4.69) is 16.9 Å². The summed E-state index contributed by atoms with van der Waals surface area (Å²) in [5.41, 5.74) is 0.811. The van der Waals surface area contributed by atoms with Crippen molar-refractivity contribution in [3.8, 4) is 0 Å². The van der Waals surface area contributed by atoms with Gasteiger partial charge in [-0.3, -0.25) is 0 Å². The summed E-state index contributed by atoms with van der Waals surface area (Å²) in [6.07, 6.45) is 2.55. The Bertz CT molecular complexity index is 575. The van der Waals surface area contributed by atoms with Crippen LogP contribution in [0.1, 0.15) is 13.3 Å². The SMILES string of the molecule is CCCN(c1ccnc(Cl)n1)c1cc(Cl)ccc1Cl. The normalized spacial score (nSPS) is 10.5. The van der Waals surface area contributed by atoms with Gasteiger partial charge in [-0.05, 0) is 42.3 Å². The molecule has 0 N–H and O–H groups in total. The van der Waals surface area contributed by atoms with E-state index >= 15 is 0 Å². The van der Waals surface area contributed by atoms with Crippen molar-refractivity contribution >= 4 is 46.3 Å². The van der Waals surface area contributed by atoms with Crippen LogP contribution in [-0.4, -0.2) is 16.5 Å². The van der Waals surface area contributed by atoms with E-state index in [1.165, 1.54) is 0 Å². The van der Waals surface area contributed by atoms with Crippen molar-refractivity contribution in [2.24, 2.45) is 0 Å². The summed E-state index contributed by atoms with van der Waals surface area (Å²) in [4.78, 5) is 10.1. The molecule has 19 heavy (non-hydrogen) atoms. The Morgan fingerprint density at radius 1 is 1.16 bits per heavy atom. The first-order chi connectivity index (χ1) is 9.11. The third-order valence-corrected chi connectivity index (χ3v) is 3.27. The Kier molecular flexibility index (Phi) is 4.86. The fourth-order valence-electron chi connectivity index (χ4n) is 1.75. The fraction of sp³-hybridized carbons (Fsp3) is 0.231. The lowest BCUT2D eigenvalue weighted by molar-refractivity contribution is 0.868. The maximum atomic E-state index is 6.24. The number of hydrogen-bond acceptors (Lipinski definition) is 3. The molecule has 1 aromatic heterocycles. The van der Waals surface area contributed by atoms with Gasteiger partial charge in [0.15, 0.2) is 0 Å². The zero-order valence-electron chi connectivity index (χ0n) is 10.3. The molecule has 0 atom stereocenters. The predicted molar refractivity (Wildman–Crippen MR) is 80.8 cm³/mol. The molecule has 100 valence electrons. The molecular formula is C13H12Cl3N3. The van der Waals surface area contributed by atoms with E-state index in [-0.39, 0.29) is 5.28 Å². The van der Waals surface area contributed by atoms with Crippen LogP contribution < -0.4 is 4.90 Å². The highest BCUT2D eigenvalue weighted by molar-refractivity contribution is 6.35. The first-order valence-electron chi connectivity index (χ1n) is 5.83. The summed E-state index contributed by atoms with van der Waals surface area (Å²) >= 11 is 18.1. The Morgan fingerprint density at radius 2 is 1.95 bits per heavy atom. The molecule has 0 saturated carbocycles. The monoisotopic (exact) mass is 315 g/mol. The summed E-state index contributed by atoms with van der Waals surface area (Å²) < 4.78 is 0. The second-order valence-corrected chi connectivity index (χ2v) is 5.11. The number of rotatable bonds is 4. The number of aromatic nitrogens is 2. The minimum Gasteiger partial charge on any atom is -0.325 e. The molecule has 0 aliphatic carbocycles. The topological polar surface area (TPSA) is 29.0 Å². The highest BCUT2D eigenvalue weighted by atomic mass is 35.5. The molecule has 0 unspecified atom stereocenters.